The van der Waals surface area contributed by atoms with Crippen LogP contribution in [0.15, 0.2) is 54.9 Å². The van der Waals surface area contributed by atoms with Crippen LogP contribution < -0.4 is 5.32 Å². The molecule has 0 bridgehead atoms. The average Bonchev–Trinajstić information content (AvgIpc) is 2.90. The summed E-state index contributed by atoms with van der Waals surface area (Å²) >= 11 is 0. The van der Waals surface area contributed by atoms with Crippen LogP contribution in [-0.4, -0.2) is 9.78 Å². The number of aryl methyl sites for hydroxylation is 1. The second-order valence-electron chi connectivity index (χ2n) is 5.19. The van der Waals surface area contributed by atoms with Crippen LogP contribution in [0.4, 0.5) is 0 Å². The van der Waals surface area contributed by atoms with E-state index >= 15 is 0 Å². The maximum atomic E-state index is 4.19. The quantitative estimate of drug-likeness (QED) is 0.783. The molecule has 0 amide bonds. The van der Waals surface area contributed by atoms with E-state index < -0.39 is 0 Å². The molecule has 3 rings (SSSR count). The first kappa shape index (κ1) is 12.9. The van der Waals surface area contributed by atoms with Crippen molar-refractivity contribution in [2.45, 2.75) is 19.5 Å². The van der Waals surface area contributed by atoms with Gasteiger partial charge in [-0.1, -0.05) is 42.5 Å². The Morgan fingerprint density at radius 1 is 1.15 bits per heavy atom. The summed E-state index contributed by atoms with van der Waals surface area (Å²) in [6, 6.07) is 15.3. The number of fused-ring (bicyclic) bond motifs is 1. The summed E-state index contributed by atoms with van der Waals surface area (Å²) in [6.07, 6.45) is 3.95. The van der Waals surface area contributed by atoms with E-state index in [2.05, 4.69) is 59.8 Å². The Balaban J connectivity index is 1.80. The summed E-state index contributed by atoms with van der Waals surface area (Å²) in [5.74, 6) is 0. The first-order valence-electron chi connectivity index (χ1n) is 6.92. The van der Waals surface area contributed by atoms with Crippen molar-refractivity contribution in [1.29, 1.82) is 0 Å². The van der Waals surface area contributed by atoms with Gasteiger partial charge in [0.25, 0.3) is 0 Å². The molecule has 1 N–H and O–H groups in total. The van der Waals surface area contributed by atoms with Crippen LogP contribution >= 0.6 is 0 Å². The van der Waals surface area contributed by atoms with Gasteiger partial charge < -0.3 is 5.32 Å². The van der Waals surface area contributed by atoms with E-state index in [0.717, 1.165) is 6.54 Å². The largest absolute Gasteiger partial charge is 0.306 e. The van der Waals surface area contributed by atoms with Crippen molar-refractivity contribution in [1.82, 2.24) is 15.1 Å². The first-order valence-corrected chi connectivity index (χ1v) is 6.92. The zero-order valence-electron chi connectivity index (χ0n) is 11.9. The van der Waals surface area contributed by atoms with Gasteiger partial charge in [0.05, 0.1) is 6.20 Å². The summed E-state index contributed by atoms with van der Waals surface area (Å²) in [6.45, 7) is 3.04. The Bertz CT molecular complexity index is 710. The predicted octanol–water partition coefficient (Wildman–Crippen LogP) is 3.42. The molecule has 1 unspecified atom stereocenters. The molecule has 0 saturated heterocycles. The predicted molar refractivity (Wildman–Crippen MR) is 82.4 cm³/mol. The standard InChI is InChI=1S/C17H19N3/c1-13(18-10-14-11-19-20(2)12-14)16-9-5-7-15-6-3-4-8-17(15)16/h3-9,11-13,18H,10H2,1-2H3. The van der Waals surface area contributed by atoms with Gasteiger partial charge in [-0.3, -0.25) is 4.68 Å². The fourth-order valence-electron chi connectivity index (χ4n) is 2.57. The SMILES string of the molecule is CC(NCc1cnn(C)c1)c1cccc2ccccc12. The third kappa shape index (κ3) is 2.58. The van der Waals surface area contributed by atoms with Crippen LogP contribution in [0.1, 0.15) is 24.1 Å². The van der Waals surface area contributed by atoms with E-state index in [0.29, 0.717) is 6.04 Å². The van der Waals surface area contributed by atoms with Crippen LogP contribution in [0.2, 0.25) is 0 Å². The summed E-state index contributed by atoms with van der Waals surface area (Å²) < 4.78 is 1.83. The number of benzene rings is 2. The van der Waals surface area contributed by atoms with Crippen LogP contribution in [0.25, 0.3) is 10.8 Å². The topological polar surface area (TPSA) is 29.9 Å². The highest BCUT2D eigenvalue weighted by Crippen LogP contribution is 2.24. The smallest absolute Gasteiger partial charge is 0.0534 e. The minimum atomic E-state index is 0.307. The van der Waals surface area contributed by atoms with Gasteiger partial charge in [-0.15, -0.1) is 0 Å². The molecule has 0 saturated carbocycles. The number of hydrogen-bond acceptors (Lipinski definition) is 2. The molecule has 0 fully saturated rings. The van der Waals surface area contributed by atoms with Crippen molar-refractivity contribution < 1.29 is 0 Å². The molecule has 20 heavy (non-hydrogen) atoms. The third-order valence-corrected chi connectivity index (χ3v) is 3.66. The number of hydrogen-bond donors (Lipinski definition) is 1. The second-order valence-corrected chi connectivity index (χ2v) is 5.19. The molecule has 3 heteroatoms. The summed E-state index contributed by atoms with van der Waals surface area (Å²) in [5, 5.41) is 10.4. The van der Waals surface area contributed by atoms with Crippen molar-refractivity contribution in [3.8, 4) is 0 Å². The lowest BCUT2D eigenvalue weighted by molar-refractivity contribution is 0.578. The highest BCUT2D eigenvalue weighted by molar-refractivity contribution is 5.86. The van der Waals surface area contributed by atoms with Crippen molar-refractivity contribution in [2.75, 3.05) is 0 Å². The number of aromatic nitrogens is 2. The summed E-state index contributed by atoms with van der Waals surface area (Å²) in [4.78, 5) is 0. The van der Waals surface area contributed by atoms with Gasteiger partial charge >= 0.3 is 0 Å². The number of nitrogens with zero attached hydrogens (tertiary/aromatic N) is 2. The van der Waals surface area contributed by atoms with Crippen LogP contribution in [-0.2, 0) is 13.6 Å². The molecule has 0 spiro atoms. The van der Waals surface area contributed by atoms with Gasteiger partial charge in [0, 0.05) is 31.4 Å². The molecular weight excluding hydrogens is 246 g/mol. The Hall–Kier alpha value is -2.13. The molecule has 0 radical (unpaired) electrons. The molecule has 3 nitrogen and oxygen atoms in total. The first-order chi connectivity index (χ1) is 9.74. The molecule has 1 atom stereocenters. The van der Waals surface area contributed by atoms with E-state index in [4.69, 9.17) is 0 Å². The monoisotopic (exact) mass is 265 g/mol. The van der Waals surface area contributed by atoms with E-state index in [1.807, 2.05) is 24.1 Å². The molecule has 0 aliphatic rings. The Kier molecular flexibility index (Phi) is 3.52. The highest BCUT2D eigenvalue weighted by Gasteiger charge is 2.08. The van der Waals surface area contributed by atoms with Crippen LogP contribution in [0, 0.1) is 0 Å². The van der Waals surface area contributed by atoms with Gasteiger partial charge in [0.15, 0.2) is 0 Å². The molecule has 102 valence electrons. The molecular formula is C17H19N3. The van der Waals surface area contributed by atoms with Crippen LogP contribution in [0.5, 0.6) is 0 Å². The van der Waals surface area contributed by atoms with Gasteiger partial charge in [-0.25, -0.2) is 0 Å². The fourth-order valence-corrected chi connectivity index (χ4v) is 2.57. The number of rotatable bonds is 4. The lowest BCUT2D eigenvalue weighted by Gasteiger charge is -2.16. The minimum Gasteiger partial charge on any atom is -0.306 e. The molecule has 2 aromatic carbocycles. The normalized spacial score (nSPS) is 12.7. The molecule has 1 heterocycles. The van der Waals surface area contributed by atoms with E-state index in [1.165, 1.54) is 21.9 Å². The molecule has 1 aromatic heterocycles. The minimum absolute atomic E-state index is 0.307. The Morgan fingerprint density at radius 2 is 1.95 bits per heavy atom. The average molecular weight is 265 g/mol. The summed E-state index contributed by atoms with van der Waals surface area (Å²) in [5.41, 5.74) is 2.55. The lowest BCUT2D eigenvalue weighted by atomic mass is 9.99. The van der Waals surface area contributed by atoms with Crippen LogP contribution in [0.3, 0.4) is 0 Å². The maximum absolute atomic E-state index is 4.19. The van der Waals surface area contributed by atoms with Crippen molar-refractivity contribution in [3.63, 3.8) is 0 Å². The zero-order chi connectivity index (χ0) is 13.9. The third-order valence-electron chi connectivity index (χ3n) is 3.66. The van der Waals surface area contributed by atoms with Gasteiger partial charge in [-0.2, -0.15) is 5.10 Å². The van der Waals surface area contributed by atoms with E-state index in [1.54, 1.807) is 0 Å². The second kappa shape index (κ2) is 5.47. The fraction of sp³-hybridized carbons (Fsp3) is 0.235. The van der Waals surface area contributed by atoms with Crippen molar-refractivity contribution in [3.05, 3.63) is 66.0 Å². The van der Waals surface area contributed by atoms with Crippen molar-refractivity contribution in [2.24, 2.45) is 7.05 Å². The highest BCUT2D eigenvalue weighted by atomic mass is 15.2. The molecule has 0 aliphatic carbocycles. The van der Waals surface area contributed by atoms with Gasteiger partial charge in [-0.05, 0) is 23.3 Å². The van der Waals surface area contributed by atoms with Crippen molar-refractivity contribution >= 4 is 10.8 Å². The lowest BCUT2D eigenvalue weighted by Crippen LogP contribution is -2.18. The molecule has 3 aromatic rings. The van der Waals surface area contributed by atoms with Gasteiger partial charge in [0.2, 0.25) is 0 Å². The Morgan fingerprint density at radius 3 is 2.75 bits per heavy atom. The maximum Gasteiger partial charge on any atom is 0.0534 e. The zero-order valence-corrected chi connectivity index (χ0v) is 11.9. The van der Waals surface area contributed by atoms with E-state index in [-0.39, 0.29) is 0 Å². The van der Waals surface area contributed by atoms with Gasteiger partial charge in [0.1, 0.15) is 0 Å². The number of nitrogens with one attached hydrogen (secondary N) is 1. The van der Waals surface area contributed by atoms with E-state index in [9.17, 15) is 0 Å². The molecule has 0 aliphatic heterocycles. The summed E-state index contributed by atoms with van der Waals surface area (Å²) in [7, 11) is 1.94. The Labute approximate surface area is 119 Å².